The summed E-state index contributed by atoms with van der Waals surface area (Å²) in [6.07, 6.45) is 0. The van der Waals surface area contributed by atoms with E-state index in [0.29, 0.717) is 21.8 Å². The van der Waals surface area contributed by atoms with E-state index in [1.54, 1.807) is 30.3 Å². The zero-order valence-corrected chi connectivity index (χ0v) is 16.5. The summed E-state index contributed by atoms with van der Waals surface area (Å²) in [4.78, 5) is 22.6. The van der Waals surface area contributed by atoms with Crippen molar-refractivity contribution in [2.45, 2.75) is 21.8 Å². The third-order valence-corrected chi connectivity index (χ3v) is 7.57. The van der Waals surface area contributed by atoms with Gasteiger partial charge in [-0.25, -0.2) is 17.5 Å². The van der Waals surface area contributed by atoms with Gasteiger partial charge in [0.25, 0.3) is 15.9 Å². The maximum atomic E-state index is 13.0. The molecule has 1 N–H and O–H groups in total. The minimum atomic E-state index is -4.37. The maximum Gasteiger partial charge on any atom is 0.341 e. The van der Waals surface area contributed by atoms with Crippen LogP contribution in [0.2, 0.25) is 0 Å². The van der Waals surface area contributed by atoms with Crippen molar-refractivity contribution in [1.29, 1.82) is 0 Å². The number of aromatic nitrogens is 4. The second-order valence-corrected chi connectivity index (χ2v) is 9.29. The quantitative estimate of drug-likeness (QED) is 0.595. The topological polar surface area (TPSA) is 135 Å². The van der Waals surface area contributed by atoms with Crippen molar-refractivity contribution in [2.75, 3.05) is 0 Å². The largest absolute Gasteiger partial charge is 0.479 e. The van der Waals surface area contributed by atoms with Crippen molar-refractivity contribution >= 4 is 33.7 Å². The van der Waals surface area contributed by atoms with Crippen LogP contribution in [-0.2, 0) is 14.8 Å². The third kappa shape index (κ3) is 2.87. The molecule has 1 aromatic heterocycles. The summed E-state index contributed by atoms with van der Waals surface area (Å²) < 4.78 is 27.6. The molecule has 3 aromatic rings. The molecular weight excluding hydrogens is 418 g/mol. The number of amides is 1. The highest BCUT2D eigenvalue weighted by molar-refractivity contribution is 8.02. The van der Waals surface area contributed by atoms with E-state index in [-0.39, 0.29) is 15.6 Å². The molecule has 2 heterocycles. The number of tetrazole rings is 1. The van der Waals surface area contributed by atoms with Gasteiger partial charge in [0.15, 0.2) is 0 Å². The molecule has 0 spiro atoms. The van der Waals surface area contributed by atoms with Crippen molar-refractivity contribution in [3.05, 3.63) is 60.2 Å². The van der Waals surface area contributed by atoms with E-state index < -0.39 is 26.8 Å². The number of fused-ring (bicyclic) bond motifs is 1. The van der Waals surface area contributed by atoms with Gasteiger partial charge >= 0.3 is 5.97 Å². The number of carbonyl (C=O) groups excluding carboxylic acids is 1. The van der Waals surface area contributed by atoms with Crippen molar-refractivity contribution in [3.63, 3.8) is 0 Å². The van der Waals surface area contributed by atoms with Crippen LogP contribution in [-0.4, -0.2) is 54.8 Å². The van der Waals surface area contributed by atoms with E-state index in [9.17, 15) is 23.1 Å². The second kappa shape index (κ2) is 6.67. The van der Waals surface area contributed by atoms with E-state index in [1.807, 2.05) is 0 Å². The monoisotopic (exact) mass is 431 g/mol. The van der Waals surface area contributed by atoms with Gasteiger partial charge in [0, 0.05) is 0 Å². The van der Waals surface area contributed by atoms with E-state index >= 15 is 0 Å². The fraction of sp³-hybridized carbons (Fsp3) is 0.118. The van der Waals surface area contributed by atoms with E-state index in [1.165, 1.54) is 28.9 Å². The maximum absolute atomic E-state index is 13.0. The van der Waals surface area contributed by atoms with Crippen molar-refractivity contribution in [2.24, 2.45) is 0 Å². The lowest BCUT2D eigenvalue weighted by Gasteiger charge is -2.31. The van der Waals surface area contributed by atoms with Crippen LogP contribution in [0, 0.1) is 0 Å². The predicted octanol–water partition coefficient (Wildman–Crippen LogP) is 1.40. The predicted molar refractivity (Wildman–Crippen MR) is 101 cm³/mol. The molecule has 1 atom stereocenters. The minimum absolute atomic E-state index is 0.0139. The van der Waals surface area contributed by atoms with E-state index in [0.717, 1.165) is 6.92 Å². The first-order chi connectivity index (χ1) is 13.8. The highest BCUT2D eigenvalue weighted by Gasteiger charge is 2.56. The van der Waals surface area contributed by atoms with Crippen molar-refractivity contribution < 1.29 is 23.1 Å². The molecule has 10 nitrogen and oxygen atoms in total. The summed E-state index contributed by atoms with van der Waals surface area (Å²) in [5, 5.41) is 21.2. The van der Waals surface area contributed by atoms with E-state index in [4.69, 9.17) is 0 Å². The summed E-state index contributed by atoms with van der Waals surface area (Å²) in [5.74, 6) is -2.45. The average molecular weight is 431 g/mol. The highest BCUT2D eigenvalue weighted by Crippen LogP contribution is 2.43. The smallest absolute Gasteiger partial charge is 0.341 e. The van der Waals surface area contributed by atoms with Gasteiger partial charge in [-0.3, -0.25) is 4.79 Å². The Morgan fingerprint density at radius 3 is 2.41 bits per heavy atom. The van der Waals surface area contributed by atoms with Crippen LogP contribution in [0.5, 0.6) is 0 Å². The molecule has 29 heavy (non-hydrogen) atoms. The number of aliphatic carboxylic acids is 1. The van der Waals surface area contributed by atoms with E-state index in [2.05, 4.69) is 15.5 Å². The fourth-order valence-corrected chi connectivity index (χ4v) is 5.99. The Morgan fingerprint density at radius 2 is 1.76 bits per heavy atom. The second-order valence-electron chi connectivity index (χ2n) is 6.17. The first kappa shape index (κ1) is 19.1. The SMILES string of the molecule is CC(Sc1nnnn1-c1ccccc1)(C(=O)O)N1C(=O)c2ccccc2S1(=O)=O. The summed E-state index contributed by atoms with van der Waals surface area (Å²) in [6.45, 7) is 1.13. The standard InChI is InChI=1S/C17H13N5O5S2/c1-17(15(24)25,22-14(23)12-9-5-6-10-13(12)29(22,26)27)28-16-18-19-20-21(16)11-7-3-2-4-8-11/h2-10H,1H3,(H,24,25). The van der Waals surface area contributed by atoms with Gasteiger partial charge in [-0.15, -0.1) is 5.10 Å². The number of benzene rings is 2. The van der Waals surface area contributed by atoms with Crippen LogP contribution in [0.15, 0.2) is 64.6 Å². The molecule has 148 valence electrons. The number of hydrogen-bond donors (Lipinski definition) is 1. The fourth-order valence-electron chi connectivity index (χ4n) is 2.93. The molecule has 0 bridgehead atoms. The Labute approximate surface area is 169 Å². The lowest BCUT2D eigenvalue weighted by Crippen LogP contribution is -2.52. The number of carboxylic acids is 1. The molecule has 2 aromatic carbocycles. The average Bonchev–Trinajstić information content (AvgIpc) is 3.23. The summed E-state index contributed by atoms with van der Waals surface area (Å²) in [6, 6.07) is 14.3. The van der Waals surface area contributed by atoms with Gasteiger partial charge < -0.3 is 5.11 Å². The number of thioether (sulfide) groups is 1. The molecule has 1 amide bonds. The van der Waals surface area contributed by atoms with Gasteiger partial charge in [0.1, 0.15) is 4.90 Å². The Bertz CT molecular complexity index is 1230. The summed E-state index contributed by atoms with van der Waals surface area (Å²) >= 11 is 0.554. The molecule has 1 aliphatic rings. The van der Waals surface area contributed by atoms with Gasteiger partial charge in [-0.1, -0.05) is 30.3 Å². The number of rotatable bonds is 5. The van der Waals surface area contributed by atoms with Gasteiger partial charge in [0.05, 0.1) is 11.3 Å². The normalized spacial score (nSPS) is 17.0. The molecule has 0 aliphatic carbocycles. The van der Waals surface area contributed by atoms with Crippen LogP contribution >= 0.6 is 11.8 Å². The van der Waals surface area contributed by atoms with Crippen LogP contribution in [0.4, 0.5) is 0 Å². The van der Waals surface area contributed by atoms with Gasteiger partial charge in [-0.05, 0) is 53.4 Å². The van der Waals surface area contributed by atoms with Crippen molar-refractivity contribution in [1.82, 2.24) is 24.5 Å². The Morgan fingerprint density at radius 1 is 1.10 bits per heavy atom. The Hall–Kier alpha value is -3.25. The number of nitrogens with zero attached hydrogens (tertiary/aromatic N) is 5. The first-order valence-corrected chi connectivity index (χ1v) is 10.5. The highest BCUT2D eigenvalue weighted by atomic mass is 32.2. The van der Waals surface area contributed by atoms with Crippen LogP contribution in [0.3, 0.4) is 0 Å². The number of carboxylic acid groups (broad SMARTS) is 1. The number of carbonyl (C=O) groups is 2. The minimum Gasteiger partial charge on any atom is -0.479 e. The Balaban J connectivity index is 1.81. The molecule has 0 saturated carbocycles. The van der Waals surface area contributed by atoms with Crippen LogP contribution in [0.25, 0.3) is 5.69 Å². The molecule has 4 rings (SSSR count). The molecule has 1 aliphatic heterocycles. The lowest BCUT2D eigenvalue weighted by molar-refractivity contribution is -0.141. The summed E-state index contributed by atoms with van der Waals surface area (Å²) in [5.41, 5.74) is 0.467. The summed E-state index contributed by atoms with van der Waals surface area (Å²) in [7, 11) is -4.37. The molecule has 1 unspecified atom stereocenters. The first-order valence-electron chi connectivity index (χ1n) is 8.22. The number of hydrogen-bond acceptors (Lipinski definition) is 8. The van der Waals surface area contributed by atoms with Crippen molar-refractivity contribution in [3.8, 4) is 5.69 Å². The van der Waals surface area contributed by atoms with Crippen LogP contribution < -0.4 is 0 Å². The van der Waals surface area contributed by atoms with Gasteiger partial charge in [0.2, 0.25) is 10.0 Å². The number of sulfonamides is 1. The molecule has 12 heteroatoms. The van der Waals surface area contributed by atoms with Crippen LogP contribution in [0.1, 0.15) is 17.3 Å². The third-order valence-electron chi connectivity index (χ3n) is 4.34. The molecule has 0 saturated heterocycles. The molecular formula is C17H13N5O5S2. The zero-order valence-electron chi connectivity index (χ0n) is 14.8. The molecule has 0 radical (unpaired) electrons. The van der Waals surface area contributed by atoms with Gasteiger partial charge in [-0.2, -0.15) is 4.68 Å². The zero-order chi connectivity index (χ0) is 20.8. The molecule has 0 fully saturated rings. The number of para-hydroxylation sites is 1. The lowest BCUT2D eigenvalue weighted by atomic mass is 10.2. The Kier molecular flexibility index (Phi) is 4.39.